The van der Waals surface area contributed by atoms with Crippen molar-refractivity contribution in [1.82, 2.24) is 4.90 Å². The lowest BCUT2D eigenvalue weighted by Gasteiger charge is -2.22. The van der Waals surface area contributed by atoms with Crippen molar-refractivity contribution in [2.45, 2.75) is 19.9 Å². The molecule has 0 spiro atoms. The molecule has 1 atom stereocenters. The van der Waals surface area contributed by atoms with Gasteiger partial charge < -0.3 is 4.90 Å². The molecule has 0 aromatic heterocycles. The molecule has 0 radical (unpaired) electrons. The molecule has 0 saturated carbocycles. The van der Waals surface area contributed by atoms with Gasteiger partial charge in [0.05, 0.1) is 0 Å². The Kier molecular flexibility index (Phi) is 6.40. The van der Waals surface area contributed by atoms with Crippen molar-refractivity contribution in [2.75, 3.05) is 18.9 Å². The van der Waals surface area contributed by atoms with E-state index in [9.17, 15) is 0 Å². The number of hydrogen-bond acceptors (Lipinski definition) is 1. The van der Waals surface area contributed by atoms with Crippen LogP contribution in [-0.4, -0.2) is 23.8 Å². The predicted molar refractivity (Wildman–Crippen MR) is 75.4 cm³/mol. The van der Waals surface area contributed by atoms with Gasteiger partial charge in [0, 0.05) is 23.4 Å². The van der Waals surface area contributed by atoms with Crippen molar-refractivity contribution in [3.05, 3.63) is 34.9 Å². The third-order valence-corrected chi connectivity index (χ3v) is 4.05. The summed E-state index contributed by atoms with van der Waals surface area (Å²) in [6, 6.07) is 8.05. The Bertz CT molecular complexity index is 313. The highest BCUT2D eigenvalue weighted by molar-refractivity contribution is 9.09. The maximum Gasteiger partial charge on any atom is 0.0451 e. The maximum atomic E-state index is 6.14. The van der Waals surface area contributed by atoms with Gasteiger partial charge in [-0.05, 0) is 24.6 Å². The third kappa shape index (κ3) is 4.44. The zero-order valence-corrected chi connectivity index (χ0v) is 12.3. The van der Waals surface area contributed by atoms with E-state index in [-0.39, 0.29) is 0 Å². The first-order valence-electron chi connectivity index (χ1n) is 5.65. The van der Waals surface area contributed by atoms with E-state index in [4.69, 9.17) is 11.6 Å². The summed E-state index contributed by atoms with van der Waals surface area (Å²) in [7, 11) is 2.15. The van der Waals surface area contributed by atoms with E-state index < -0.39 is 0 Å². The molecule has 0 aliphatic heterocycles. The fourth-order valence-corrected chi connectivity index (χ4v) is 2.57. The lowest BCUT2D eigenvalue weighted by molar-refractivity contribution is 0.278. The average molecular weight is 305 g/mol. The molecule has 3 heteroatoms. The van der Waals surface area contributed by atoms with Crippen LogP contribution < -0.4 is 0 Å². The molecule has 1 aromatic carbocycles. The fourth-order valence-electron chi connectivity index (χ4n) is 1.71. The maximum absolute atomic E-state index is 6.14. The molecule has 90 valence electrons. The van der Waals surface area contributed by atoms with E-state index in [0.29, 0.717) is 5.92 Å². The van der Waals surface area contributed by atoms with Gasteiger partial charge in [-0.15, -0.1) is 0 Å². The Balaban J connectivity index is 2.51. The van der Waals surface area contributed by atoms with Crippen molar-refractivity contribution in [1.29, 1.82) is 0 Å². The zero-order valence-electron chi connectivity index (χ0n) is 9.92. The fraction of sp³-hybridized carbons (Fsp3) is 0.538. The van der Waals surface area contributed by atoms with Crippen LogP contribution in [0.15, 0.2) is 24.3 Å². The Morgan fingerprint density at radius 2 is 2.06 bits per heavy atom. The molecule has 1 aromatic rings. The Labute approximate surface area is 112 Å². The quantitative estimate of drug-likeness (QED) is 0.712. The normalized spacial score (nSPS) is 13.1. The van der Waals surface area contributed by atoms with E-state index in [2.05, 4.69) is 40.9 Å². The highest BCUT2D eigenvalue weighted by atomic mass is 79.9. The van der Waals surface area contributed by atoms with Gasteiger partial charge in [0.15, 0.2) is 0 Å². The van der Waals surface area contributed by atoms with Gasteiger partial charge in [-0.1, -0.05) is 59.1 Å². The molecule has 0 aliphatic rings. The number of halogens is 2. The van der Waals surface area contributed by atoms with Crippen molar-refractivity contribution in [3.8, 4) is 0 Å². The number of alkyl halides is 1. The second-order valence-electron chi connectivity index (χ2n) is 4.22. The molecule has 0 amide bonds. The minimum atomic E-state index is 0.715. The van der Waals surface area contributed by atoms with E-state index >= 15 is 0 Å². The SMILES string of the molecule is CCC(CBr)CN(C)Cc1ccccc1Cl. The number of hydrogen-bond donors (Lipinski definition) is 0. The molecule has 16 heavy (non-hydrogen) atoms. The van der Waals surface area contributed by atoms with Gasteiger partial charge in [0.25, 0.3) is 0 Å². The molecule has 1 unspecified atom stereocenters. The molecule has 1 rings (SSSR count). The molecule has 0 saturated heterocycles. The number of nitrogens with zero attached hydrogens (tertiary/aromatic N) is 1. The van der Waals surface area contributed by atoms with Crippen LogP contribution >= 0.6 is 27.5 Å². The van der Waals surface area contributed by atoms with E-state index in [0.717, 1.165) is 23.4 Å². The van der Waals surface area contributed by atoms with Crippen LogP contribution in [0.1, 0.15) is 18.9 Å². The Morgan fingerprint density at radius 1 is 1.38 bits per heavy atom. The second kappa shape index (κ2) is 7.31. The lowest BCUT2D eigenvalue weighted by Crippen LogP contribution is -2.26. The summed E-state index contributed by atoms with van der Waals surface area (Å²) in [5.41, 5.74) is 1.20. The van der Waals surface area contributed by atoms with Gasteiger partial charge in [-0.25, -0.2) is 0 Å². The summed E-state index contributed by atoms with van der Waals surface area (Å²) in [4.78, 5) is 2.33. The molecule has 0 N–H and O–H groups in total. The Hall–Kier alpha value is -0.0500. The highest BCUT2D eigenvalue weighted by Crippen LogP contribution is 2.17. The first-order valence-corrected chi connectivity index (χ1v) is 7.15. The predicted octanol–water partition coefficient (Wildman–Crippen LogP) is 4.19. The largest absolute Gasteiger partial charge is 0.302 e. The van der Waals surface area contributed by atoms with Gasteiger partial charge in [-0.2, -0.15) is 0 Å². The minimum absolute atomic E-state index is 0.715. The third-order valence-electron chi connectivity index (χ3n) is 2.76. The average Bonchev–Trinajstić information content (AvgIpc) is 2.29. The topological polar surface area (TPSA) is 3.24 Å². The summed E-state index contributed by atoms with van der Waals surface area (Å²) in [5.74, 6) is 0.715. The summed E-state index contributed by atoms with van der Waals surface area (Å²) in [5, 5.41) is 1.93. The van der Waals surface area contributed by atoms with Crippen molar-refractivity contribution in [2.24, 2.45) is 5.92 Å². The monoisotopic (exact) mass is 303 g/mol. The standard InChI is InChI=1S/C13H19BrClN/c1-3-11(8-14)9-16(2)10-12-6-4-5-7-13(12)15/h4-7,11H,3,8-10H2,1-2H3. The molecular weight excluding hydrogens is 286 g/mol. The van der Waals surface area contributed by atoms with Crippen molar-refractivity contribution >= 4 is 27.5 Å². The van der Waals surface area contributed by atoms with Crippen molar-refractivity contribution in [3.63, 3.8) is 0 Å². The summed E-state index contributed by atoms with van der Waals surface area (Å²) in [6.45, 7) is 4.26. The van der Waals surface area contributed by atoms with Crippen LogP contribution in [-0.2, 0) is 6.54 Å². The minimum Gasteiger partial charge on any atom is -0.302 e. The number of rotatable bonds is 6. The second-order valence-corrected chi connectivity index (χ2v) is 5.27. The highest BCUT2D eigenvalue weighted by Gasteiger charge is 2.09. The van der Waals surface area contributed by atoms with E-state index in [1.165, 1.54) is 12.0 Å². The van der Waals surface area contributed by atoms with Gasteiger partial charge in [0.2, 0.25) is 0 Å². The van der Waals surface area contributed by atoms with Crippen LogP contribution in [0.5, 0.6) is 0 Å². The van der Waals surface area contributed by atoms with Gasteiger partial charge in [-0.3, -0.25) is 0 Å². The number of benzene rings is 1. The molecule has 1 nitrogen and oxygen atoms in total. The Morgan fingerprint density at radius 3 is 2.62 bits per heavy atom. The smallest absolute Gasteiger partial charge is 0.0451 e. The molecule has 0 heterocycles. The zero-order chi connectivity index (χ0) is 12.0. The first-order chi connectivity index (χ1) is 7.67. The van der Waals surface area contributed by atoms with Crippen molar-refractivity contribution < 1.29 is 0 Å². The van der Waals surface area contributed by atoms with Crippen LogP contribution in [0.4, 0.5) is 0 Å². The lowest BCUT2D eigenvalue weighted by atomic mass is 10.1. The van der Waals surface area contributed by atoms with Gasteiger partial charge in [0.1, 0.15) is 0 Å². The van der Waals surface area contributed by atoms with Crippen LogP contribution in [0.3, 0.4) is 0 Å². The van der Waals surface area contributed by atoms with E-state index in [1.807, 2.05) is 18.2 Å². The van der Waals surface area contributed by atoms with Gasteiger partial charge >= 0.3 is 0 Å². The summed E-state index contributed by atoms with van der Waals surface area (Å²) in [6.07, 6.45) is 1.21. The molecule has 0 fully saturated rings. The molecule has 0 bridgehead atoms. The summed E-state index contributed by atoms with van der Waals surface area (Å²) < 4.78 is 0. The summed E-state index contributed by atoms with van der Waals surface area (Å²) >= 11 is 9.69. The molecular formula is C13H19BrClN. The first kappa shape index (κ1) is 14.0. The molecule has 0 aliphatic carbocycles. The van der Waals surface area contributed by atoms with Crippen LogP contribution in [0, 0.1) is 5.92 Å². The van der Waals surface area contributed by atoms with E-state index in [1.54, 1.807) is 0 Å². The van der Waals surface area contributed by atoms with Crippen LogP contribution in [0.25, 0.3) is 0 Å². The van der Waals surface area contributed by atoms with Crippen LogP contribution in [0.2, 0.25) is 5.02 Å².